The third-order valence-electron chi connectivity index (χ3n) is 11.5. The van der Waals surface area contributed by atoms with Gasteiger partial charge in [0, 0.05) is 124 Å². The van der Waals surface area contributed by atoms with Crippen molar-refractivity contribution in [3.8, 4) is 45.3 Å². The maximum atomic E-state index is 11.7. The molecule has 8 rings (SSSR count). The van der Waals surface area contributed by atoms with E-state index in [-0.39, 0.29) is 22.6 Å². The van der Waals surface area contributed by atoms with Crippen LogP contribution in [-0.4, -0.2) is 108 Å². The second kappa shape index (κ2) is 13.2. The molecule has 11 heteroatoms. The average Bonchev–Trinajstić information content (AvgIpc) is 3.06. The summed E-state index contributed by atoms with van der Waals surface area (Å²) in [6.07, 6.45) is 1.81. The van der Waals surface area contributed by atoms with Crippen LogP contribution in [0.2, 0.25) is 5.02 Å². The van der Waals surface area contributed by atoms with Gasteiger partial charge >= 0.3 is 0 Å². The van der Waals surface area contributed by atoms with Crippen molar-refractivity contribution >= 4 is 23.4 Å². The van der Waals surface area contributed by atoms with E-state index in [1.165, 1.54) is 0 Å². The summed E-state index contributed by atoms with van der Waals surface area (Å²) in [6, 6.07) is 18.6. The summed E-state index contributed by atoms with van der Waals surface area (Å²) in [4.78, 5) is 41.6. The molecule has 4 saturated heterocycles. The van der Waals surface area contributed by atoms with Gasteiger partial charge in [0.1, 0.15) is 5.75 Å². The summed E-state index contributed by atoms with van der Waals surface area (Å²) in [5.74, 6) is 1.75. The van der Waals surface area contributed by atoms with Gasteiger partial charge in [-0.3, -0.25) is 24.4 Å². The first-order valence-corrected chi connectivity index (χ1v) is 18.3. The number of amides is 2. The Labute approximate surface area is 310 Å². The number of hydrogen-bond donors (Lipinski definition) is 0. The number of likely N-dealkylation sites (tertiary alicyclic amines) is 4. The Morgan fingerprint density at radius 2 is 1.35 bits per heavy atom. The Morgan fingerprint density at radius 3 is 1.94 bits per heavy atom. The van der Waals surface area contributed by atoms with E-state index in [0.717, 1.165) is 116 Å². The highest BCUT2D eigenvalue weighted by atomic mass is 35.5. The summed E-state index contributed by atoms with van der Waals surface area (Å²) in [5.41, 5.74) is 9.08. The van der Waals surface area contributed by atoms with Crippen LogP contribution >= 0.6 is 11.6 Å². The van der Waals surface area contributed by atoms with E-state index < -0.39 is 0 Å². The first-order valence-electron chi connectivity index (χ1n) is 17.9. The zero-order chi connectivity index (χ0) is 36.4. The van der Waals surface area contributed by atoms with E-state index in [1.54, 1.807) is 28.1 Å². The Bertz CT molecular complexity index is 1910. The lowest BCUT2D eigenvalue weighted by Gasteiger charge is -2.60. The van der Waals surface area contributed by atoms with E-state index >= 15 is 0 Å². The van der Waals surface area contributed by atoms with Gasteiger partial charge in [-0.15, -0.1) is 0 Å². The highest BCUT2D eigenvalue weighted by Crippen LogP contribution is 2.44. The Morgan fingerprint density at radius 1 is 0.750 bits per heavy atom. The van der Waals surface area contributed by atoms with Gasteiger partial charge in [-0.05, 0) is 36.2 Å². The number of hydrogen-bond acceptors (Lipinski definition) is 8. The summed E-state index contributed by atoms with van der Waals surface area (Å²) in [5, 5.41) is 0.577. The molecule has 2 aromatic carbocycles. The van der Waals surface area contributed by atoms with Crippen LogP contribution in [0.15, 0.2) is 60.8 Å². The largest absolute Gasteiger partial charge is 0.496 e. The van der Waals surface area contributed by atoms with Crippen molar-refractivity contribution in [2.45, 2.75) is 33.9 Å². The molecule has 0 atom stereocenters. The molecule has 0 N–H and O–H groups in total. The van der Waals surface area contributed by atoms with Gasteiger partial charge in [0.25, 0.3) is 0 Å². The molecule has 2 spiro atoms. The molecule has 4 aliphatic rings. The second-order valence-corrected chi connectivity index (χ2v) is 15.8. The van der Waals surface area contributed by atoms with Crippen molar-refractivity contribution in [2.75, 3.05) is 66.6 Å². The molecular formula is C41H45ClN6O4. The van der Waals surface area contributed by atoms with Gasteiger partial charge < -0.3 is 19.3 Å². The van der Waals surface area contributed by atoms with Crippen molar-refractivity contribution in [1.29, 1.82) is 0 Å². The summed E-state index contributed by atoms with van der Waals surface area (Å²) in [7, 11) is 3.37. The summed E-state index contributed by atoms with van der Waals surface area (Å²) < 4.78 is 11.7. The first kappa shape index (κ1) is 34.6. The number of ether oxygens (including phenoxy) is 2. The van der Waals surface area contributed by atoms with Crippen LogP contribution in [0.25, 0.3) is 33.6 Å². The number of pyridine rings is 2. The van der Waals surface area contributed by atoms with Crippen LogP contribution in [-0.2, 0) is 22.7 Å². The van der Waals surface area contributed by atoms with Gasteiger partial charge in [0.15, 0.2) is 0 Å². The smallest absolute Gasteiger partial charge is 0.219 e. The highest BCUT2D eigenvalue weighted by Gasteiger charge is 2.53. The zero-order valence-corrected chi connectivity index (χ0v) is 31.3. The lowest BCUT2D eigenvalue weighted by molar-refractivity contribution is -0.158. The number of carbonyl (C=O) groups excluding carboxylic acids is 2. The molecule has 4 aromatic rings. The van der Waals surface area contributed by atoms with Gasteiger partial charge in [0.2, 0.25) is 17.7 Å². The monoisotopic (exact) mass is 720 g/mol. The molecule has 6 heterocycles. The van der Waals surface area contributed by atoms with Crippen LogP contribution in [0.4, 0.5) is 0 Å². The molecule has 0 bridgehead atoms. The molecule has 0 aliphatic carbocycles. The summed E-state index contributed by atoms with van der Waals surface area (Å²) >= 11 is 7.18. The molecule has 4 fully saturated rings. The Kier molecular flexibility index (Phi) is 8.75. The molecule has 2 aromatic heterocycles. The predicted molar refractivity (Wildman–Crippen MR) is 201 cm³/mol. The second-order valence-electron chi connectivity index (χ2n) is 15.4. The molecular weight excluding hydrogens is 676 g/mol. The minimum absolute atomic E-state index is 0.160. The average molecular weight is 721 g/mol. The van der Waals surface area contributed by atoms with Crippen molar-refractivity contribution in [1.82, 2.24) is 29.6 Å². The predicted octanol–water partition coefficient (Wildman–Crippen LogP) is 5.78. The molecule has 0 saturated carbocycles. The first-order chi connectivity index (χ1) is 25.0. The number of rotatable bonds is 9. The van der Waals surface area contributed by atoms with Crippen LogP contribution in [0.3, 0.4) is 0 Å². The quantitative estimate of drug-likeness (QED) is 0.215. The number of nitrogens with zero attached hydrogens (tertiary/aromatic N) is 6. The number of benzene rings is 2. The van der Waals surface area contributed by atoms with Crippen molar-refractivity contribution < 1.29 is 19.1 Å². The fourth-order valence-electron chi connectivity index (χ4n) is 8.88. The Hall–Kier alpha value is -4.51. The molecule has 0 radical (unpaired) electrons. The van der Waals surface area contributed by atoms with Crippen LogP contribution < -0.4 is 9.47 Å². The van der Waals surface area contributed by atoms with Crippen molar-refractivity contribution in [2.24, 2.45) is 10.8 Å². The zero-order valence-electron chi connectivity index (χ0n) is 30.5. The van der Waals surface area contributed by atoms with E-state index in [1.807, 2.05) is 34.2 Å². The third kappa shape index (κ3) is 6.10. The molecule has 270 valence electrons. The van der Waals surface area contributed by atoms with Gasteiger partial charge in [0.05, 0.1) is 30.6 Å². The fourth-order valence-corrected chi connectivity index (χ4v) is 9.20. The molecule has 4 aliphatic heterocycles. The SMILES string of the molecule is COc1cc(-c2nccc(-c3cccc(-c4ccc(CN5CC6(C5)CN(C(C)=O)C6)c(OC)n4)c3C)c2Cl)ccc1CN1CC2(C1)CN(C(C)=O)C2. The van der Waals surface area contributed by atoms with Gasteiger partial charge in [-0.2, -0.15) is 0 Å². The third-order valence-corrected chi connectivity index (χ3v) is 11.9. The standard InChI is InChI=1S/C41H45ClN6O4/c1-26-32(7-6-8-33(26)35-12-11-31(39(44-35)52-5)17-46-20-41(21-46)24-48(25-41)28(3)50)34-13-14-43-38(37(34)42)29-9-10-30(36(15-29)51-4)16-45-18-40(19-45)22-47(23-40)27(2)49/h6-15H,16-25H2,1-5H3. The minimum Gasteiger partial charge on any atom is -0.496 e. The van der Waals surface area contributed by atoms with Gasteiger partial charge in [-0.25, -0.2) is 4.98 Å². The van der Waals surface area contributed by atoms with E-state index in [4.69, 9.17) is 31.0 Å². The number of methoxy groups -OCH3 is 2. The van der Waals surface area contributed by atoms with Crippen LogP contribution in [0.1, 0.15) is 30.5 Å². The maximum Gasteiger partial charge on any atom is 0.219 e. The van der Waals surface area contributed by atoms with E-state index in [2.05, 4.69) is 53.1 Å². The minimum atomic E-state index is 0.160. The number of carbonyl (C=O) groups is 2. The van der Waals surface area contributed by atoms with Crippen LogP contribution in [0.5, 0.6) is 11.6 Å². The highest BCUT2D eigenvalue weighted by molar-refractivity contribution is 6.35. The molecule has 52 heavy (non-hydrogen) atoms. The normalized spacial score (nSPS) is 18.7. The number of aromatic nitrogens is 2. The topological polar surface area (TPSA) is 91.3 Å². The number of halogens is 1. The van der Waals surface area contributed by atoms with E-state index in [0.29, 0.717) is 16.6 Å². The lowest BCUT2D eigenvalue weighted by Crippen LogP contribution is -2.72. The Balaban J connectivity index is 0.982. The molecule has 10 nitrogen and oxygen atoms in total. The van der Waals surface area contributed by atoms with Crippen molar-refractivity contribution in [3.05, 3.63) is 82.5 Å². The molecule has 2 amide bonds. The maximum absolute atomic E-state index is 11.7. The van der Waals surface area contributed by atoms with Crippen molar-refractivity contribution in [3.63, 3.8) is 0 Å². The van der Waals surface area contributed by atoms with E-state index in [9.17, 15) is 9.59 Å². The van der Waals surface area contributed by atoms with Gasteiger partial charge in [-0.1, -0.05) is 48.0 Å². The lowest BCUT2D eigenvalue weighted by atomic mass is 9.72. The summed E-state index contributed by atoms with van der Waals surface area (Å²) in [6.45, 7) is 14.3. The van der Waals surface area contributed by atoms with Crippen LogP contribution in [0, 0.1) is 17.8 Å². The fraction of sp³-hybridized carbons (Fsp3) is 0.415. The molecule has 0 unspecified atom stereocenters.